The summed E-state index contributed by atoms with van der Waals surface area (Å²) in [6.07, 6.45) is 6.89. The number of nitrogens with zero attached hydrogens (tertiary/aromatic N) is 3. The molecule has 1 aliphatic heterocycles. The molecule has 2 heterocycles. The second-order valence-corrected chi connectivity index (χ2v) is 8.05. The van der Waals surface area contributed by atoms with E-state index in [0.29, 0.717) is 5.92 Å². The summed E-state index contributed by atoms with van der Waals surface area (Å²) in [4.78, 5) is 0. The third-order valence-electron chi connectivity index (χ3n) is 3.76. The lowest BCUT2D eigenvalue weighted by Crippen LogP contribution is -2.33. The summed E-state index contributed by atoms with van der Waals surface area (Å²) in [5.41, 5.74) is 0. The topological polar surface area (TPSA) is 42.7 Å². The van der Waals surface area contributed by atoms with Crippen LogP contribution in [0.25, 0.3) is 0 Å². The summed E-state index contributed by atoms with van der Waals surface area (Å²) in [5, 5.41) is 13.4. The van der Waals surface area contributed by atoms with Crippen molar-refractivity contribution in [2.75, 3.05) is 24.3 Å². The third-order valence-corrected chi connectivity index (χ3v) is 5.47. The molecular formula is C15H28N4S2. The van der Waals surface area contributed by atoms with Gasteiger partial charge in [-0.2, -0.15) is 11.8 Å². The molecule has 4 nitrogen and oxygen atoms in total. The van der Waals surface area contributed by atoms with Crippen LogP contribution in [-0.4, -0.2) is 45.1 Å². The van der Waals surface area contributed by atoms with E-state index in [4.69, 9.17) is 0 Å². The maximum absolute atomic E-state index is 4.39. The molecule has 0 unspecified atom stereocenters. The van der Waals surface area contributed by atoms with E-state index in [1.807, 2.05) is 0 Å². The molecule has 120 valence electrons. The lowest BCUT2D eigenvalue weighted by molar-refractivity contribution is 0.459. The minimum Gasteiger partial charge on any atom is -0.314 e. The minimum atomic E-state index is 0.628. The Hall–Kier alpha value is -0.200. The Bertz CT molecular complexity index is 414. The van der Waals surface area contributed by atoms with Crippen LogP contribution in [0.15, 0.2) is 5.16 Å². The van der Waals surface area contributed by atoms with Gasteiger partial charge in [0.2, 0.25) is 0 Å². The molecule has 0 amide bonds. The first-order chi connectivity index (χ1) is 10.2. The third kappa shape index (κ3) is 5.49. The van der Waals surface area contributed by atoms with E-state index in [9.17, 15) is 0 Å². The van der Waals surface area contributed by atoms with Gasteiger partial charge in [-0.1, -0.05) is 25.6 Å². The van der Waals surface area contributed by atoms with Gasteiger partial charge in [0.1, 0.15) is 5.82 Å². The van der Waals surface area contributed by atoms with E-state index < -0.39 is 0 Å². The summed E-state index contributed by atoms with van der Waals surface area (Å²) in [6.45, 7) is 6.61. The molecule has 0 aromatic carbocycles. The van der Waals surface area contributed by atoms with Crippen LogP contribution in [0.5, 0.6) is 0 Å². The van der Waals surface area contributed by atoms with E-state index in [1.165, 1.54) is 24.3 Å². The SMILES string of the molecule is CSc1nnc(CCCNC2CCSCC2)n1CC(C)C. The molecule has 1 aromatic heterocycles. The molecule has 0 atom stereocenters. The number of aromatic nitrogens is 3. The van der Waals surface area contributed by atoms with Crippen LogP contribution in [0.3, 0.4) is 0 Å². The molecule has 1 saturated heterocycles. The number of hydrogen-bond acceptors (Lipinski definition) is 5. The summed E-state index contributed by atoms with van der Waals surface area (Å²) in [7, 11) is 0. The van der Waals surface area contributed by atoms with Gasteiger partial charge in [0, 0.05) is 19.0 Å². The summed E-state index contributed by atoms with van der Waals surface area (Å²) < 4.78 is 2.30. The lowest BCUT2D eigenvalue weighted by Gasteiger charge is -2.22. The van der Waals surface area contributed by atoms with Crippen molar-refractivity contribution in [1.29, 1.82) is 0 Å². The van der Waals surface area contributed by atoms with Crippen molar-refractivity contribution in [3.63, 3.8) is 0 Å². The highest BCUT2D eigenvalue weighted by Crippen LogP contribution is 2.18. The second-order valence-electron chi connectivity index (χ2n) is 6.05. The predicted molar refractivity (Wildman–Crippen MR) is 93.3 cm³/mol. The largest absolute Gasteiger partial charge is 0.314 e. The Morgan fingerprint density at radius 2 is 2.10 bits per heavy atom. The van der Waals surface area contributed by atoms with Crippen molar-refractivity contribution in [2.24, 2.45) is 5.92 Å². The molecule has 6 heteroatoms. The zero-order valence-corrected chi connectivity index (χ0v) is 15.1. The maximum atomic E-state index is 4.39. The molecule has 1 fully saturated rings. The maximum Gasteiger partial charge on any atom is 0.190 e. The van der Waals surface area contributed by atoms with Gasteiger partial charge in [0.05, 0.1) is 0 Å². The number of nitrogens with one attached hydrogen (secondary N) is 1. The summed E-state index contributed by atoms with van der Waals surface area (Å²) in [5.74, 6) is 4.41. The van der Waals surface area contributed by atoms with Gasteiger partial charge in [0.25, 0.3) is 0 Å². The zero-order chi connectivity index (χ0) is 15.1. The van der Waals surface area contributed by atoms with Gasteiger partial charge in [-0.15, -0.1) is 10.2 Å². The van der Waals surface area contributed by atoms with Crippen LogP contribution in [0.4, 0.5) is 0 Å². The van der Waals surface area contributed by atoms with Crippen LogP contribution >= 0.6 is 23.5 Å². The number of thioether (sulfide) groups is 2. The molecule has 1 N–H and O–H groups in total. The quantitative estimate of drug-likeness (QED) is 0.587. The number of rotatable bonds is 8. The Balaban J connectivity index is 1.78. The number of aryl methyl sites for hydroxylation is 1. The standard InChI is InChI=1S/C15H28N4S2/c1-12(2)11-19-14(17-18-15(19)20-3)5-4-8-16-13-6-9-21-10-7-13/h12-13,16H,4-11H2,1-3H3. The molecule has 1 aromatic rings. The van der Waals surface area contributed by atoms with E-state index in [-0.39, 0.29) is 0 Å². The van der Waals surface area contributed by atoms with E-state index in [0.717, 1.165) is 43.0 Å². The highest BCUT2D eigenvalue weighted by molar-refractivity contribution is 7.99. The van der Waals surface area contributed by atoms with Crippen molar-refractivity contribution in [3.05, 3.63) is 5.82 Å². The fraction of sp³-hybridized carbons (Fsp3) is 0.867. The fourth-order valence-corrected chi connectivity index (χ4v) is 4.29. The zero-order valence-electron chi connectivity index (χ0n) is 13.5. The van der Waals surface area contributed by atoms with Gasteiger partial charge in [-0.05, 0) is 49.5 Å². The average Bonchev–Trinajstić information content (AvgIpc) is 2.86. The molecule has 0 bridgehead atoms. The predicted octanol–water partition coefficient (Wildman–Crippen LogP) is 3.07. The average molecular weight is 329 g/mol. The highest BCUT2D eigenvalue weighted by atomic mass is 32.2. The van der Waals surface area contributed by atoms with E-state index >= 15 is 0 Å². The highest BCUT2D eigenvalue weighted by Gasteiger charge is 2.14. The van der Waals surface area contributed by atoms with Gasteiger partial charge in [-0.25, -0.2) is 0 Å². The molecule has 0 aliphatic carbocycles. The number of hydrogen-bond donors (Lipinski definition) is 1. The monoisotopic (exact) mass is 328 g/mol. The van der Waals surface area contributed by atoms with Crippen molar-refractivity contribution in [3.8, 4) is 0 Å². The first kappa shape index (κ1) is 17.2. The molecular weight excluding hydrogens is 300 g/mol. The van der Waals surface area contributed by atoms with E-state index in [1.54, 1.807) is 11.8 Å². The molecule has 1 aliphatic rings. The molecule has 0 saturated carbocycles. The van der Waals surface area contributed by atoms with Crippen LogP contribution in [0.1, 0.15) is 38.9 Å². The second kappa shape index (κ2) is 9.06. The van der Waals surface area contributed by atoms with Gasteiger partial charge < -0.3 is 9.88 Å². The van der Waals surface area contributed by atoms with Crippen molar-refractivity contribution in [2.45, 2.75) is 57.3 Å². The van der Waals surface area contributed by atoms with Crippen molar-refractivity contribution < 1.29 is 0 Å². The van der Waals surface area contributed by atoms with Crippen LogP contribution in [0.2, 0.25) is 0 Å². The minimum absolute atomic E-state index is 0.628. The fourth-order valence-electron chi connectivity index (χ4n) is 2.66. The van der Waals surface area contributed by atoms with E-state index in [2.05, 4.69) is 51.9 Å². The van der Waals surface area contributed by atoms with Gasteiger partial charge in [0.15, 0.2) is 5.16 Å². The summed E-state index contributed by atoms with van der Waals surface area (Å²) >= 11 is 3.78. The normalized spacial score (nSPS) is 16.8. The Labute approximate surface area is 137 Å². The van der Waals surface area contributed by atoms with Crippen LogP contribution < -0.4 is 5.32 Å². The molecule has 0 spiro atoms. The Morgan fingerprint density at radius 3 is 2.76 bits per heavy atom. The van der Waals surface area contributed by atoms with Crippen LogP contribution in [-0.2, 0) is 13.0 Å². The molecule has 21 heavy (non-hydrogen) atoms. The Morgan fingerprint density at radius 1 is 1.33 bits per heavy atom. The molecule has 2 rings (SSSR count). The Kier molecular flexibility index (Phi) is 7.40. The van der Waals surface area contributed by atoms with Crippen molar-refractivity contribution >= 4 is 23.5 Å². The van der Waals surface area contributed by atoms with Crippen LogP contribution in [0, 0.1) is 5.92 Å². The van der Waals surface area contributed by atoms with Crippen molar-refractivity contribution in [1.82, 2.24) is 20.1 Å². The first-order valence-electron chi connectivity index (χ1n) is 7.98. The lowest BCUT2D eigenvalue weighted by atomic mass is 10.1. The smallest absolute Gasteiger partial charge is 0.190 e. The first-order valence-corrected chi connectivity index (χ1v) is 10.4. The summed E-state index contributed by atoms with van der Waals surface area (Å²) in [6, 6.07) is 0.738. The van der Waals surface area contributed by atoms with Gasteiger partial charge in [-0.3, -0.25) is 0 Å². The molecule has 0 radical (unpaired) electrons. The van der Waals surface area contributed by atoms with Gasteiger partial charge >= 0.3 is 0 Å².